The van der Waals surface area contributed by atoms with E-state index in [0.29, 0.717) is 6.04 Å². The van der Waals surface area contributed by atoms with Crippen molar-refractivity contribution in [2.75, 3.05) is 13.1 Å². The number of rotatable bonds is 1. The smallest absolute Gasteiger partial charge is 0.0741 e. The molecule has 0 aromatic heterocycles. The molecular formula is C9H17N3. The molecule has 0 spiro atoms. The molecule has 1 aliphatic rings. The summed E-state index contributed by atoms with van der Waals surface area (Å²) < 4.78 is 0. The van der Waals surface area contributed by atoms with Crippen LogP contribution >= 0.6 is 0 Å². The second-order valence-electron chi connectivity index (χ2n) is 3.78. The SMILES string of the molecule is CC(C)N1CC[C@@H](N)[C@H](C#N)C1. The van der Waals surface area contributed by atoms with Gasteiger partial charge in [0.2, 0.25) is 0 Å². The number of nitrogens with two attached hydrogens (primary N) is 1. The molecule has 3 heteroatoms. The van der Waals surface area contributed by atoms with Gasteiger partial charge >= 0.3 is 0 Å². The van der Waals surface area contributed by atoms with E-state index in [2.05, 4.69) is 24.8 Å². The molecule has 1 heterocycles. The maximum Gasteiger partial charge on any atom is 0.0741 e. The van der Waals surface area contributed by atoms with Crippen molar-refractivity contribution < 1.29 is 0 Å². The van der Waals surface area contributed by atoms with E-state index in [9.17, 15) is 0 Å². The molecule has 3 nitrogen and oxygen atoms in total. The first kappa shape index (κ1) is 9.50. The zero-order valence-corrected chi connectivity index (χ0v) is 7.83. The normalized spacial score (nSPS) is 31.9. The van der Waals surface area contributed by atoms with Gasteiger partial charge in [0.15, 0.2) is 0 Å². The predicted octanol–water partition coefficient (Wildman–Crippen LogP) is 0.568. The van der Waals surface area contributed by atoms with Gasteiger partial charge in [0, 0.05) is 18.6 Å². The van der Waals surface area contributed by atoms with E-state index in [0.717, 1.165) is 19.5 Å². The number of hydrogen-bond donors (Lipinski definition) is 1. The van der Waals surface area contributed by atoms with E-state index in [1.54, 1.807) is 0 Å². The lowest BCUT2D eigenvalue weighted by atomic mass is 9.93. The van der Waals surface area contributed by atoms with E-state index >= 15 is 0 Å². The van der Waals surface area contributed by atoms with Gasteiger partial charge in [-0.15, -0.1) is 0 Å². The van der Waals surface area contributed by atoms with Crippen LogP contribution in [-0.4, -0.2) is 30.1 Å². The highest BCUT2D eigenvalue weighted by Gasteiger charge is 2.27. The van der Waals surface area contributed by atoms with Crippen LogP contribution in [0.15, 0.2) is 0 Å². The molecule has 0 radical (unpaired) electrons. The van der Waals surface area contributed by atoms with Crippen LogP contribution in [-0.2, 0) is 0 Å². The van der Waals surface area contributed by atoms with Gasteiger partial charge in [0.1, 0.15) is 0 Å². The molecule has 0 aliphatic carbocycles. The van der Waals surface area contributed by atoms with Gasteiger partial charge in [-0.25, -0.2) is 0 Å². The summed E-state index contributed by atoms with van der Waals surface area (Å²) in [7, 11) is 0. The summed E-state index contributed by atoms with van der Waals surface area (Å²) in [5, 5.41) is 8.80. The van der Waals surface area contributed by atoms with Crippen molar-refractivity contribution in [2.45, 2.75) is 32.4 Å². The molecule has 1 fully saturated rings. The minimum absolute atomic E-state index is 0.0288. The number of likely N-dealkylation sites (tertiary alicyclic amines) is 1. The van der Waals surface area contributed by atoms with E-state index in [-0.39, 0.29) is 12.0 Å². The first-order valence-electron chi connectivity index (χ1n) is 4.54. The highest BCUT2D eigenvalue weighted by molar-refractivity contribution is 4.96. The highest BCUT2D eigenvalue weighted by atomic mass is 15.2. The number of nitrogens with zero attached hydrogens (tertiary/aromatic N) is 2. The van der Waals surface area contributed by atoms with Gasteiger partial charge in [-0.2, -0.15) is 5.26 Å². The zero-order chi connectivity index (χ0) is 9.14. The second kappa shape index (κ2) is 3.88. The van der Waals surface area contributed by atoms with Crippen LogP contribution in [0.1, 0.15) is 20.3 Å². The van der Waals surface area contributed by atoms with E-state index in [4.69, 9.17) is 11.0 Å². The van der Waals surface area contributed by atoms with Gasteiger partial charge in [-0.05, 0) is 26.8 Å². The van der Waals surface area contributed by atoms with Crippen molar-refractivity contribution >= 4 is 0 Å². The average molecular weight is 167 g/mol. The number of nitriles is 1. The third-order valence-corrected chi connectivity index (χ3v) is 2.59. The summed E-state index contributed by atoms with van der Waals surface area (Å²) in [6, 6.07) is 2.90. The molecule has 0 amide bonds. The van der Waals surface area contributed by atoms with Crippen LogP contribution in [0.25, 0.3) is 0 Å². The van der Waals surface area contributed by atoms with Gasteiger partial charge in [0.25, 0.3) is 0 Å². The summed E-state index contributed by atoms with van der Waals surface area (Å²) >= 11 is 0. The van der Waals surface area contributed by atoms with Gasteiger partial charge in [0.05, 0.1) is 12.0 Å². The van der Waals surface area contributed by atoms with Gasteiger partial charge < -0.3 is 5.73 Å². The lowest BCUT2D eigenvalue weighted by Gasteiger charge is -2.35. The molecule has 1 rings (SSSR count). The summed E-state index contributed by atoms with van der Waals surface area (Å²) in [6.45, 7) is 6.20. The Balaban J connectivity index is 2.51. The number of hydrogen-bond acceptors (Lipinski definition) is 3. The first-order chi connectivity index (χ1) is 5.65. The molecule has 0 aromatic carbocycles. The van der Waals surface area contributed by atoms with Crippen LogP contribution in [0.4, 0.5) is 0 Å². The van der Waals surface area contributed by atoms with Crippen molar-refractivity contribution in [1.29, 1.82) is 5.26 Å². The third-order valence-electron chi connectivity index (χ3n) is 2.59. The van der Waals surface area contributed by atoms with Gasteiger partial charge in [-0.3, -0.25) is 4.90 Å². The molecule has 1 aliphatic heterocycles. The first-order valence-corrected chi connectivity index (χ1v) is 4.54. The summed E-state index contributed by atoms with van der Waals surface area (Å²) in [4.78, 5) is 2.32. The Labute approximate surface area is 74.1 Å². The average Bonchev–Trinajstić information content (AvgIpc) is 2.05. The minimum Gasteiger partial charge on any atom is -0.326 e. The van der Waals surface area contributed by atoms with Crippen molar-refractivity contribution in [3.05, 3.63) is 0 Å². The highest BCUT2D eigenvalue weighted by Crippen LogP contribution is 2.16. The van der Waals surface area contributed by atoms with E-state index < -0.39 is 0 Å². The summed E-state index contributed by atoms with van der Waals surface area (Å²) in [5.41, 5.74) is 5.80. The van der Waals surface area contributed by atoms with Crippen LogP contribution in [0, 0.1) is 17.2 Å². The fourth-order valence-corrected chi connectivity index (χ4v) is 1.60. The molecule has 0 unspecified atom stereocenters. The fraction of sp³-hybridized carbons (Fsp3) is 0.889. The Hall–Kier alpha value is -0.590. The van der Waals surface area contributed by atoms with Crippen LogP contribution in [0.5, 0.6) is 0 Å². The second-order valence-corrected chi connectivity index (χ2v) is 3.78. The lowest BCUT2D eigenvalue weighted by Crippen LogP contribution is -2.48. The Morgan fingerprint density at radius 1 is 1.58 bits per heavy atom. The monoisotopic (exact) mass is 167 g/mol. The summed E-state index contributed by atoms with van der Waals surface area (Å²) in [5.74, 6) is 0.0288. The zero-order valence-electron chi connectivity index (χ0n) is 7.83. The summed E-state index contributed by atoms with van der Waals surface area (Å²) in [6.07, 6.45) is 0.955. The van der Waals surface area contributed by atoms with Crippen LogP contribution in [0.2, 0.25) is 0 Å². The molecular weight excluding hydrogens is 150 g/mol. The largest absolute Gasteiger partial charge is 0.326 e. The van der Waals surface area contributed by atoms with Crippen LogP contribution in [0.3, 0.4) is 0 Å². The van der Waals surface area contributed by atoms with Crippen molar-refractivity contribution in [3.63, 3.8) is 0 Å². The molecule has 0 saturated carbocycles. The molecule has 68 valence electrons. The van der Waals surface area contributed by atoms with Crippen molar-refractivity contribution in [2.24, 2.45) is 11.7 Å². The third kappa shape index (κ3) is 1.96. The van der Waals surface area contributed by atoms with Gasteiger partial charge in [-0.1, -0.05) is 0 Å². The molecule has 1 saturated heterocycles. The maximum absolute atomic E-state index is 8.80. The van der Waals surface area contributed by atoms with Crippen molar-refractivity contribution in [1.82, 2.24) is 4.90 Å². The predicted molar refractivity (Wildman–Crippen MR) is 48.4 cm³/mol. The van der Waals surface area contributed by atoms with E-state index in [1.807, 2.05) is 0 Å². The Morgan fingerprint density at radius 3 is 2.75 bits per heavy atom. The molecule has 2 N–H and O–H groups in total. The van der Waals surface area contributed by atoms with Crippen molar-refractivity contribution in [3.8, 4) is 6.07 Å². The van der Waals surface area contributed by atoms with E-state index in [1.165, 1.54) is 0 Å². The Bertz CT molecular complexity index is 183. The Kier molecular flexibility index (Phi) is 3.07. The quantitative estimate of drug-likeness (QED) is 0.621. The van der Waals surface area contributed by atoms with Crippen LogP contribution < -0.4 is 5.73 Å². The molecule has 2 atom stereocenters. The topological polar surface area (TPSA) is 53.0 Å². The minimum atomic E-state index is 0.0288. The fourth-order valence-electron chi connectivity index (χ4n) is 1.60. The molecule has 12 heavy (non-hydrogen) atoms. The molecule has 0 aromatic rings. The maximum atomic E-state index is 8.80. The molecule has 0 bridgehead atoms. The number of piperidine rings is 1. The Morgan fingerprint density at radius 2 is 2.25 bits per heavy atom. The lowest BCUT2D eigenvalue weighted by molar-refractivity contribution is 0.146. The standard InChI is InChI=1S/C9H17N3/c1-7(2)12-4-3-9(11)8(5-10)6-12/h7-9H,3-4,6,11H2,1-2H3/t8-,9-/m1/s1.